The summed E-state index contributed by atoms with van der Waals surface area (Å²) in [6.07, 6.45) is 1.92. The van der Waals surface area contributed by atoms with E-state index in [-0.39, 0.29) is 6.17 Å². The molecule has 16 heavy (non-hydrogen) atoms. The van der Waals surface area contributed by atoms with E-state index in [0.717, 1.165) is 12.4 Å². The Kier molecular flexibility index (Phi) is 4.52. The van der Waals surface area contributed by atoms with Crippen LogP contribution in [0, 0.1) is 0 Å². The van der Waals surface area contributed by atoms with Crippen molar-refractivity contribution in [2.75, 3.05) is 45.8 Å². The highest BCUT2D eigenvalue weighted by atomic mass is 15.3. The van der Waals surface area contributed by atoms with Gasteiger partial charge in [-0.05, 0) is 40.3 Å². The van der Waals surface area contributed by atoms with Crippen molar-refractivity contribution in [2.45, 2.75) is 6.17 Å². The molecular formula is C11H21N5. The maximum Gasteiger partial charge on any atom is 0.150 e. The molecule has 0 saturated carbocycles. The lowest BCUT2D eigenvalue weighted by atomic mass is 10.3. The molecule has 0 bridgehead atoms. The quantitative estimate of drug-likeness (QED) is 0.713. The third kappa shape index (κ3) is 3.67. The van der Waals surface area contributed by atoms with Gasteiger partial charge in [0, 0.05) is 12.7 Å². The number of nitrogens with two attached hydrogens (primary N) is 1. The van der Waals surface area contributed by atoms with E-state index in [1.807, 2.05) is 40.3 Å². The summed E-state index contributed by atoms with van der Waals surface area (Å²) in [5, 5.41) is 3.33. The van der Waals surface area contributed by atoms with Gasteiger partial charge in [0.05, 0.1) is 11.9 Å². The summed E-state index contributed by atoms with van der Waals surface area (Å²) in [7, 11) is 8.14. The van der Waals surface area contributed by atoms with Gasteiger partial charge in [0.2, 0.25) is 0 Å². The van der Waals surface area contributed by atoms with Crippen molar-refractivity contribution < 1.29 is 0 Å². The van der Waals surface area contributed by atoms with Crippen LogP contribution in [-0.2, 0) is 0 Å². The molecular weight excluding hydrogens is 202 g/mol. The Bertz CT molecular complexity index is 324. The number of aromatic nitrogens is 1. The molecule has 0 radical (unpaired) electrons. The number of rotatable bonds is 5. The van der Waals surface area contributed by atoms with Crippen LogP contribution in [0.1, 0.15) is 0 Å². The summed E-state index contributed by atoms with van der Waals surface area (Å²) in [5.74, 6) is 0.739. The van der Waals surface area contributed by atoms with Gasteiger partial charge in [-0.3, -0.25) is 4.90 Å². The van der Waals surface area contributed by atoms with Gasteiger partial charge < -0.3 is 16.0 Å². The number of nitrogens with one attached hydrogen (secondary N) is 1. The predicted octanol–water partition coefficient (Wildman–Crippen LogP) is 0.525. The second-order valence-corrected chi connectivity index (χ2v) is 4.33. The maximum atomic E-state index is 5.84. The number of likely N-dealkylation sites (N-methyl/N-ethyl adjacent to an activating group) is 2. The van der Waals surface area contributed by atoms with Crippen LogP contribution in [-0.4, -0.2) is 55.7 Å². The first-order chi connectivity index (χ1) is 7.50. The molecule has 1 rings (SSSR count). The van der Waals surface area contributed by atoms with Crippen LogP contribution in [0.5, 0.6) is 0 Å². The van der Waals surface area contributed by atoms with Crippen molar-refractivity contribution >= 4 is 11.5 Å². The Labute approximate surface area is 97.3 Å². The summed E-state index contributed by atoms with van der Waals surface area (Å²) in [5.41, 5.74) is 6.52. The van der Waals surface area contributed by atoms with Gasteiger partial charge in [0.15, 0.2) is 0 Å². The zero-order chi connectivity index (χ0) is 12.1. The third-order valence-corrected chi connectivity index (χ3v) is 2.30. The molecule has 5 nitrogen and oxygen atoms in total. The van der Waals surface area contributed by atoms with Crippen molar-refractivity contribution in [1.82, 2.24) is 14.8 Å². The zero-order valence-corrected chi connectivity index (χ0v) is 10.4. The summed E-state index contributed by atoms with van der Waals surface area (Å²) in [6.45, 7) is 0.892. The van der Waals surface area contributed by atoms with Crippen molar-refractivity contribution in [3.63, 3.8) is 0 Å². The predicted molar refractivity (Wildman–Crippen MR) is 68.3 cm³/mol. The molecule has 0 fully saturated rings. The van der Waals surface area contributed by atoms with Crippen LogP contribution in [0.15, 0.2) is 18.3 Å². The molecule has 0 aliphatic heterocycles. The van der Waals surface area contributed by atoms with Gasteiger partial charge in [-0.2, -0.15) is 0 Å². The summed E-state index contributed by atoms with van der Waals surface area (Å²) < 4.78 is 0. The maximum absolute atomic E-state index is 5.84. The first-order valence-electron chi connectivity index (χ1n) is 5.29. The number of nitrogens with zero attached hydrogens (tertiary/aromatic N) is 3. The van der Waals surface area contributed by atoms with Crippen LogP contribution < -0.4 is 11.1 Å². The number of anilines is 2. The summed E-state index contributed by atoms with van der Waals surface area (Å²) in [4.78, 5) is 8.45. The van der Waals surface area contributed by atoms with E-state index in [9.17, 15) is 0 Å². The van der Waals surface area contributed by atoms with Crippen molar-refractivity contribution in [2.24, 2.45) is 0 Å². The highest BCUT2D eigenvalue weighted by Crippen LogP contribution is 2.14. The van der Waals surface area contributed by atoms with Gasteiger partial charge in [-0.15, -0.1) is 0 Å². The Morgan fingerprint density at radius 2 is 2.06 bits per heavy atom. The molecule has 0 saturated heterocycles. The SMILES string of the molecule is CN(C)CC(Nc1ncccc1N)N(C)C. The van der Waals surface area contributed by atoms with Gasteiger partial charge in [-0.1, -0.05) is 0 Å². The van der Waals surface area contributed by atoms with Crippen LogP contribution >= 0.6 is 0 Å². The zero-order valence-electron chi connectivity index (χ0n) is 10.4. The number of hydrogen-bond donors (Lipinski definition) is 2. The fraction of sp³-hybridized carbons (Fsp3) is 0.545. The Balaban J connectivity index is 2.72. The molecule has 5 heteroatoms. The van der Waals surface area contributed by atoms with Crippen molar-refractivity contribution in [1.29, 1.82) is 0 Å². The van der Waals surface area contributed by atoms with E-state index in [4.69, 9.17) is 5.73 Å². The molecule has 1 unspecified atom stereocenters. The lowest BCUT2D eigenvalue weighted by molar-refractivity contribution is 0.250. The van der Waals surface area contributed by atoms with Crippen LogP contribution in [0.4, 0.5) is 11.5 Å². The van der Waals surface area contributed by atoms with Gasteiger partial charge in [0.25, 0.3) is 0 Å². The molecule has 0 aliphatic carbocycles. The normalized spacial score (nSPS) is 13.1. The molecule has 0 aliphatic rings. The number of pyridine rings is 1. The van der Waals surface area contributed by atoms with Gasteiger partial charge >= 0.3 is 0 Å². The van der Waals surface area contributed by atoms with Crippen LogP contribution in [0.2, 0.25) is 0 Å². The Hall–Kier alpha value is -1.33. The minimum atomic E-state index is 0.187. The molecule has 3 N–H and O–H groups in total. The number of hydrogen-bond acceptors (Lipinski definition) is 5. The first-order valence-corrected chi connectivity index (χ1v) is 5.29. The van der Waals surface area contributed by atoms with E-state index >= 15 is 0 Å². The fourth-order valence-electron chi connectivity index (χ4n) is 1.38. The standard InChI is InChI=1S/C11H21N5/c1-15(2)8-10(16(3)4)14-11-9(12)6-5-7-13-11/h5-7,10H,8,12H2,1-4H3,(H,13,14). The Morgan fingerprint density at radius 3 is 2.56 bits per heavy atom. The van der Waals surface area contributed by atoms with Crippen molar-refractivity contribution in [3.05, 3.63) is 18.3 Å². The summed E-state index contributed by atoms with van der Waals surface area (Å²) >= 11 is 0. The highest BCUT2D eigenvalue weighted by Gasteiger charge is 2.13. The Morgan fingerprint density at radius 1 is 1.38 bits per heavy atom. The third-order valence-electron chi connectivity index (χ3n) is 2.30. The lowest BCUT2D eigenvalue weighted by Gasteiger charge is -2.28. The largest absolute Gasteiger partial charge is 0.396 e. The van der Waals surface area contributed by atoms with E-state index < -0.39 is 0 Å². The molecule has 90 valence electrons. The monoisotopic (exact) mass is 223 g/mol. The molecule has 1 atom stereocenters. The van der Waals surface area contributed by atoms with E-state index in [1.54, 1.807) is 6.20 Å². The van der Waals surface area contributed by atoms with Gasteiger partial charge in [0.1, 0.15) is 5.82 Å². The number of nitrogen functional groups attached to an aromatic ring is 1. The minimum absolute atomic E-state index is 0.187. The average molecular weight is 223 g/mol. The average Bonchev–Trinajstić information content (AvgIpc) is 2.19. The minimum Gasteiger partial charge on any atom is -0.396 e. The molecule has 1 heterocycles. The highest BCUT2D eigenvalue weighted by molar-refractivity contribution is 5.60. The van der Waals surface area contributed by atoms with E-state index in [1.165, 1.54) is 0 Å². The smallest absolute Gasteiger partial charge is 0.150 e. The van der Waals surface area contributed by atoms with E-state index in [2.05, 4.69) is 20.1 Å². The fourth-order valence-corrected chi connectivity index (χ4v) is 1.38. The topological polar surface area (TPSA) is 57.4 Å². The molecule has 0 spiro atoms. The summed E-state index contributed by atoms with van der Waals surface area (Å²) in [6, 6.07) is 3.68. The molecule has 0 aromatic carbocycles. The van der Waals surface area contributed by atoms with Crippen LogP contribution in [0.3, 0.4) is 0 Å². The van der Waals surface area contributed by atoms with Gasteiger partial charge in [-0.25, -0.2) is 4.98 Å². The second kappa shape index (κ2) is 5.67. The van der Waals surface area contributed by atoms with Crippen molar-refractivity contribution in [3.8, 4) is 0 Å². The second-order valence-electron chi connectivity index (χ2n) is 4.33. The lowest BCUT2D eigenvalue weighted by Crippen LogP contribution is -2.43. The van der Waals surface area contributed by atoms with Crippen LogP contribution in [0.25, 0.3) is 0 Å². The molecule has 1 aromatic heterocycles. The first kappa shape index (κ1) is 12.7. The van der Waals surface area contributed by atoms with E-state index in [0.29, 0.717) is 5.69 Å². The molecule has 0 amide bonds. The molecule has 1 aromatic rings.